The van der Waals surface area contributed by atoms with Gasteiger partial charge in [0.05, 0.1) is 16.8 Å². The van der Waals surface area contributed by atoms with Crippen LogP contribution in [0.25, 0.3) is 22.2 Å². The SMILES string of the molecule is CNC(=O)c1ccnc2c(CCNc3cc(-c4ccc(C(=O)O)nc4)ncn3)cccc12. The van der Waals surface area contributed by atoms with Crippen LogP contribution >= 0.6 is 0 Å². The highest BCUT2D eigenvalue weighted by Crippen LogP contribution is 2.22. The molecule has 4 rings (SSSR count). The number of carbonyl (C=O) groups excluding carboxylic acids is 1. The van der Waals surface area contributed by atoms with Crippen molar-refractivity contribution in [1.29, 1.82) is 0 Å². The first-order chi connectivity index (χ1) is 15.6. The number of aromatic nitrogens is 4. The maximum absolute atomic E-state index is 12.1. The summed E-state index contributed by atoms with van der Waals surface area (Å²) in [4.78, 5) is 40.0. The first kappa shape index (κ1) is 20.9. The van der Waals surface area contributed by atoms with Gasteiger partial charge in [-0.1, -0.05) is 18.2 Å². The van der Waals surface area contributed by atoms with Crippen LogP contribution in [0.15, 0.2) is 61.2 Å². The van der Waals surface area contributed by atoms with Crippen molar-refractivity contribution in [3.8, 4) is 11.3 Å². The highest BCUT2D eigenvalue weighted by Gasteiger charge is 2.11. The average Bonchev–Trinajstić information content (AvgIpc) is 2.83. The standard InChI is InChI=1S/C23H20N6O3/c1-24-22(30)17-8-10-26-21-14(3-2-4-16(17)21)7-9-25-20-11-19(28-13-29-20)15-5-6-18(23(31)32)27-12-15/h2-6,8,10-13H,7,9H2,1H3,(H,24,30)(H,31,32)(H,25,28,29). The van der Waals surface area contributed by atoms with E-state index in [0.717, 1.165) is 16.5 Å². The van der Waals surface area contributed by atoms with E-state index in [4.69, 9.17) is 5.11 Å². The van der Waals surface area contributed by atoms with E-state index in [9.17, 15) is 9.59 Å². The molecule has 3 heterocycles. The molecule has 0 aliphatic rings. The smallest absolute Gasteiger partial charge is 0.354 e. The predicted octanol–water partition coefficient (Wildman–Crippen LogP) is 2.80. The van der Waals surface area contributed by atoms with Gasteiger partial charge in [-0.05, 0) is 30.2 Å². The number of hydrogen-bond donors (Lipinski definition) is 3. The lowest BCUT2D eigenvalue weighted by atomic mass is 10.0. The average molecular weight is 428 g/mol. The zero-order valence-corrected chi connectivity index (χ0v) is 17.2. The molecule has 1 amide bonds. The fraction of sp³-hybridized carbons (Fsp3) is 0.130. The second kappa shape index (κ2) is 9.17. The minimum absolute atomic E-state index is 0.0237. The minimum Gasteiger partial charge on any atom is -0.477 e. The minimum atomic E-state index is -1.08. The van der Waals surface area contributed by atoms with Crippen LogP contribution in [0.2, 0.25) is 0 Å². The maximum Gasteiger partial charge on any atom is 0.354 e. The highest BCUT2D eigenvalue weighted by atomic mass is 16.4. The molecule has 0 aliphatic carbocycles. The Morgan fingerprint density at radius 2 is 1.91 bits per heavy atom. The van der Waals surface area contributed by atoms with Gasteiger partial charge in [0.25, 0.3) is 5.91 Å². The van der Waals surface area contributed by atoms with Gasteiger partial charge in [0, 0.05) is 43.0 Å². The van der Waals surface area contributed by atoms with Gasteiger partial charge in [-0.25, -0.2) is 19.7 Å². The fourth-order valence-corrected chi connectivity index (χ4v) is 3.38. The number of nitrogens with zero attached hydrogens (tertiary/aromatic N) is 4. The molecule has 160 valence electrons. The summed E-state index contributed by atoms with van der Waals surface area (Å²) in [5, 5.41) is 15.7. The van der Waals surface area contributed by atoms with Crippen molar-refractivity contribution in [1.82, 2.24) is 25.3 Å². The first-order valence-electron chi connectivity index (χ1n) is 9.91. The Kier molecular flexibility index (Phi) is 5.98. The quantitative estimate of drug-likeness (QED) is 0.410. The van der Waals surface area contributed by atoms with Gasteiger partial charge in [0.1, 0.15) is 17.8 Å². The number of carboxylic acid groups (broad SMARTS) is 1. The normalized spacial score (nSPS) is 10.7. The molecule has 3 N–H and O–H groups in total. The number of hydrogen-bond acceptors (Lipinski definition) is 7. The topological polar surface area (TPSA) is 130 Å². The number of para-hydroxylation sites is 1. The molecule has 0 atom stereocenters. The van der Waals surface area contributed by atoms with E-state index >= 15 is 0 Å². The summed E-state index contributed by atoms with van der Waals surface area (Å²) < 4.78 is 0. The molecule has 0 radical (unpaired) electrons. The van der Waals surface area contributed by atoms with E-state index in [-0.39, 0.29) is 11.6 Å². The summed E-state index contributed by atoms with van der Waals surface area (Å²) >= 11 is 0. The number of rotatable bonds is 7. The zero-order valence-electron chi connectivity index (χ0n) is 17.2. The zero-order chi connectivity index (χ0) is 22.5. The van der Waals surface area contributed by atoms with E-state index in [1.54, 1.807) is 31.4 Å². The van der Waals surface area contributed by atoms with Crippen molar-refractivity contribution >= 4 is 28.6 Å². The molecule has 0 spiro atoms. The second-order valence-electron chi connectivity index (χ2n) is 6.95. The Labute approximate surface area is 183 Å². The van der Waals surface area contributed by atoms with Crippen LogP contribution in [-0.4, -0.2) is 50.5 Å². The number of pyridine rings is 2. The van der Waals surface area contributed by atoms with Crippen LogP contribution in [0.5, 0.6) is 0 Å². The van der Waals surface area contributed by atoms with E-state index in [1.807, 2.05) is 18.2 Å². The van der Waals surface area contributed by atoms with Crippen molar-refractivity contribution in [2.75, 3.05) is 18.9 Å². The molecule has 0 fully saturated rings. The fourth-order valence-electron chi connectivity index (χ4n) is 3.38. The van der Waals surface area contributed by atoms with Crippen molar-refractivity contribution in [2.24, 2.45) is 0 Å². The monoisotopic (exact) mass is 428 g/mol. The Morgan fingerprint density at radius 3 is 2.66 bits per heavy atom. The summed E-state index contributed by atoms with van der Waals surface area (Å²) in [5.41, 5.74) is 3.71. The molecule has 3 aromatic heterocycles. The maximum atomic E-state index is 12.1. The molecule has 0 saturated carbocycles. The molecule has 4 aromatic rings. The number of benzene rings is 1. The van der Waals surface area contributed by atoms with Crippen LogP contribution in [0, 0.1) is 0 Å². The first-order valence-corrected chi connectivity index (χ1v) is 9.91. The van der Waals surface area contributed by atoms with Crippen LogP contribution in [0.1, 0.15) is 26.4 Å². The lowest BCUT2D eigenvalue weighted by molar-refractivity contribution is 0.0690. The molecule has 0 saturated heterocycles. The molecule has 1 aromatic carbocycles. The summed E-state index contributed by atoms with van der Waals surface area (Å²) in [6, 6.07) is 12.4. The molecule has 9 nitrogen and oxygen atoms in total. The second-order valence-corrected chi connectivity index (χ2v) is 6.95. The number of anilines is 1. The molecular formula is C23H20N6O3. The van der Waals surface area contributed by atoms with Crippen LogP contribution in [-0.2, 0) is 6.42 Å². The predicted molar refractivity (Wildman–Crippen MR) is 120 cm³/mol. The summed E-state index contributed by atoms with van der Waals surface area (Å²) in [5.74, 6) is -0.587. The third kappa shape index (κ3) is 4.36. The van der Waals surface area contributed by atoms with E-state index in [2.05, 4.69) is 30.6 Å². The third-order valence-corrected chi connectivity index (χ3v) is 4.97. The molecule has 0 bridgehead atoms. The molecule has 0 aliphatic heterocycles. The Morgan fingerprint density at radius 1 is 1.03 bits per heavy atom. The van der Waals surface area contributed by atoms with Gasteiger partial charge in [0.15, 0.2) is 0 Å². The van der Waals surface area contributed by atoms with Gasteiger partial charge < -0.3 is 15.7 Å². The lowest BCUT2D eigenvalue weighted by Gasteiger charge is -2.10. The number of amides is 1. The van der Waals surface area contributed by atoms with Crippen molar-refractivity contribution in [3.05, 3.63) is 78.0 Å². The largest absolute Gasteiger partial charge is 0.477 e. The molecule has 0 unspecified atom stereocenters. The van der Waals surface area contributed by atoms with E-state index in [1.165, 1.54) is 18.6 Å². The van der Waals surface area contributed by atoms with Gasteiger partial charge in [0.2, 0.25) is 0 Å². The van der Waals surface area contributed by atoms with Gasteiger partial charge in [-0.2, -0.15) is 0 Å². The Balaban J connectivity index is 1.48. The summed E-state index contributed by atoms with van der Waals surface area (Å²) in [6.45, 7) is 0.595. The number of fused-ring (bicyclic) bond motifs is 1. The molecule has 9 heteroatoms. The summed E-state index contributed by atoms with van der Waals surface area (Å²) in [6.07, 6.45) is 5.24. The Bertz CT molecular complexity index is 1290. The van der Waals surface area contributed by atoms with Crippen LogP contribution in [0.4, 0.5) is 5.82 Å². The van der Waals surface area contributed by atoms with Crippen LogP contribution in [0.3, 0.4) is 0 Å². The van der Waals surface area contributed by atoms with Crippen LogP contribution < -0.4 is 10.6 Å². The number of carboxylic acids is 1. The third-order valence-electron chi connectivity index (χ3n) is 4.97. The highest BCUT2D eigenvalue weighted by molar-refractivity contribution is 6.06. The molecular weight excluding hydrogens is 408 g/mol. The van der Waals surface area contributed by atoms with Crippen molar-refractivity contribution < 1.29 is 14.7 Å². The van der Waals surface area contributed by atoms with E-state index in [0.29, 0.717) is 35.6 Å². The van der Waals surface area contributed by atoms with Crippen molar-refractivity contribution in [3.63, 3.8) is 0 Å². The van der Waals surface area contributed by atoms with E-state index < -0.39 is 5.97 Å². The lowest BCUT2D eigenvalue weighted by Crippen LogP contribution is -2.18. The summed E-state index contributed by atoms with van der Waals surface area (Å²) in [7, 11) is 1.61. The van der Waals surface area contributed by atoms with Crippen molar-refractivity contribution in [2.45, 2.75) is 6.42 Å². The van der Waals surface area contributed by atoms with Gasteiger partial charge in [-0.15, -0.1) is 0 Å². The Hall–Kier alpha value is -4.40. The number of aromatic carboxylic acids is 1. The number of carbonyl (C=O) groups is 2. The van der Waals surface area contributed by atoms with Gasteiger partial charge in [-0.3, -0.25) is 9.78 Å². The molecule has 32 heavy (non-hydrogen) atoms. The number of nitrogens with one attached hydrogen (secondary N) is 2. The van der Waals surface area contributed by atoms with Gasteiger partial charge >= 0.3 is 5.97 Å².